The minimum absolute atomic E-state index is 0.248. The quantitative estimate of drug-likeness (QED) is 0.577. The first-order valence-corrected chi connectivity index (χ1v) is 10.7. The molecule has 1 aromatic heterocycles. The van der Waals surface area contributed by atoms with E-state index in [-0.39, 0.29) is 10.6 Å². The highest BCUT2D eigenvalue weighted by Crippen LogP contribution is 2.38. The van der Waals surface area contributed by atoms with Gasteiger partial charge in [0.2, 0.25) is 5.91 Å². The summed E-state index contributed by atoms with van der Waals surface area (Å²) in [4.78, 5) is 37.2. The van der Waals surface area contributed by atoms with Gasteiger partial charge in [0.15, 0.2) is 0 Å². The molecular weight excluding hydrogens is 447 g/mol. The van der Waals surface area contributed by atoms with E-state index >= 15 is 0 Å². The van der Waals surface area contributed by atoms with Gasteiger partial charge in [-0.05, 0) is 48.9 Å². The first kappa shape index (κ1) is 23.6. The molecule has 7 nitrogen and oxygen atoms in total. The number of anilines is 1. The van der Waals surface area contributed by atoms with E-state index in [9.17, 15) is 27.6 Å². The number of nitrogens with one attached hydrogen (secondary N) is 2. The van der Waals surface area contributed by atoms with Gasteiger partial charge in [0.25, 0.3) is 5.91 Å². The number of amides is 3. The number of carbonyl (C=O) groups is 3. The number of carbonyl (C=O) groups excluding carboxylic acids is 3. The predicted molar refractivity (Wildman–Crippen MR) is 113 cm³/mol. The van der Waals surface area contributed by atoms with Gasteiger partial charge < -0.3 is 21.1 Å². The summed E-state index contributed by atoms with van der Waals surface area (Å²) in [6.07, 6.45) is -2.27. The van der Waals surface area contributed by atoms with E-state index in [0.717, 1.165) is 29.7 Å². The van der Waals surface area contributed by atoms with Crippen LogP contribution in [0.4, 0.5) is 18.2 Å². The van der Waals surface area contributed by atoms with Gasteiger partial charge in [-0.2, -0.15) is 13.2 Å². The molecule has 2 aromatic rings. The van der Waals surface area contributed by atoms with E-state index in [1.807, 2.05) is 5.32 Å². The third-order valence-corrected chi connectivity index (χ3v) is 6.35. The Labute approximate surface area is 186 Å². The van der Waals surface area contributed by atoms with Crippen molar-refractivity contribution in [1.82, 2.24) is 5.32 Å². The maximum absolute atomic E-state index is 12.8. The van der Waals surface area contributed by atoms with Crippen molar-refractivity contribution in [2.24, 2.45) is 5.73 Å². The topological polar surface area (TPSA) is 111 Å². The molecule has 0 saturated heterocycles. The van der Waals surface area contributed by atoms with E-state index in [0.29, 0.717) is 17.7 Å². The number of halogens is 3. The van der Waals surface area contributed by atoms with Crippen LogP contribution in [-0.2, 0) is 22.4 Å². The number of thiophene rings is 1. The predicted octanol–water partition coefficient (Wildman–Crippen LogP) is 3.48. The zero-order chi connectivity index (χ0) is 23.5. The first-order chi connectivity index (χ1) is 15.1. The third-order valence-electron chi connectivity index (χ3n) is 5.14. The smallest absolute Gasteiger partial charge is 0.471 e. The average Bonchev–Trinajstić information content (AvgIpc) is 3.10. The van der Waals surface area contributed by atoms with Crippen LogP contribution in [0.1, 0.15) is 51.7 Å². The molecule has 3 amide bonds. The van der Waals surface area contributed by atoms with Crippen LogP contribution in [0.25, 0.3) is 0 Å². The lowest BCUT2D eigenvalue weighted by Crippen LogP contribution is -2.40. The van der Waals surface area contributed by atoms with Crippen LogP contribution in [0, 0.1) is 0 Å². The Morgan fingerprint density at radius 2 is 1.81 bits per heavy atom. The van der Waals surface area contributed by atoms with E-state index in [4.69, 9.17) is 10.5 Å². The minimum atomic E-state index is -5.10. The normalized spacial score (nSPS) is 14.2. The highest BCUT2D eigenvalue weighted by molar-refractivity contribution is 7.17. The molecule has 1 atom stereocenters. The number of rotatable bonds is 7. The molecule has 172 valence electrons. The molecule has 3 rings (SSSR count). The zero-order valence-electron chi connectivity index (χ0n) is 17.2. The van der Waals surface area contributed by atoms with Crippen molar-refractivity contribution in [2.75, 3.05) is 12.4 Å². The van der Waals surface area contributed by atoms with Crippen LogP contribution in [0.3, 0.4) is 0 Å². The summed E-state index contributed by atoms with van der Waals surface area (Å²) in [7, 11) is 1.43. The minimum Gasteiger partial charge on any atom is -0.497 e. The van der Waals surface area contributed by atoms with Gasteiger partial charge in [0.1, 0.15) is 10.8 Å². The molecule has 0 unspecified atom stereocenters. The van der Waals surface area contributed by atoms with Crippen molar-refractivity contribution in [3.63, 3.8) is 0 Å². The zero-order valence-corrected chi connectivity index (χ0v) is 18.0. The summed E-state index contributed by atoms with van der Waals surface area (Å²) in [6.45, 7) is 0. The van der Waals surface area contributed by atoms with Crippen LogP contribution in [-0.4, -0.2) is 31.0 Å². The van der Waals surface area contributed by atoms with Crippen molar-refractivity contribution in [3.05, 3.63) is 45.8 Å². The van der Waals surface area contributed by atoms with Gasteiger partial charge >= 0.3 is 12.1 Å². The standard InChI is InChI=1S/C21H22F3N3O4S/c1-31-12-8-6-11(7-9-12)14(26-20(30)21(22,23)24)10-16(28)27-19-17(18(25)29)13-4-2-3-5-15(13)32-19/h6-9,14H,2-5,10H2,1H3,(H2,25,29)(H,26,30)(H,27,28)/t14-/m1/s1. The number of primary amides is 1. The molecule has 4 N–H and O–H groups in total. The van der Waals surface area contributed by atoms with Gasteiger partial charge in [0, 0.05) is 4.88 Å². The molecule has 1 aromatic carbocycles. The van der Waals surface area contributed by atoms with Crippen LogP contribution in [0.15, 0.2) is 24.3 Å². The number of alkyl halides is 3. The molecule has 1 aliphatic carbocycles. The largest absolute Gasteiger partial charge is 0.497 e. The molecule has 0 fully saturated rings. The lowest BCUT2D eigenvalue weighted by Gasteiger charge is -2.20. The summed E-state index contributed by atoms with van der Waals surface area (Å²) in [5.74, 6) is -3.02. The van der Waals surface area contributed by atoms with Crippen LogP contribution >= 0.6 is 11.3 Å². The number of aryl methyl sites for hydroxylation is 1. The summed E-state index contributed by atoms with van der Waals surface area (Å²) in [6, 6.07) is 4.71. The lowest BCUT2D eigenvalue weighted by atomic mass is 9.95. The third kappa shape index (κ3) is 5.39. The lowest BCUT2D eigenvalue weighted by molar-refractivity contribution is -0.174. The van der Waals surface area contributed by atoms with Gasteiger partial charge in [0.05, 0.1) is 25.1 Å². The van der Waals surface area contributed by atoms with Crippen LogP contribution < -0.4 is 21.1 Å². The average molecular weight is 469 g/mol. The Morgan fingerprint density at radius 1 is 1.16 bits per heavy atom. The molecule has 1 heterocycles. The molecule has 11 heteroatoms. The maximum atomic E-state index is 12.8. The molecule has 32 heavy (non-hydrogen) atoms. The van der Waals surface area contributed by atoms with Gasteiger partial charge in [-0.15, -0.1) is 11.3 Å². The van der Waals surface area contributed by atoms with E-state index in [1.54, 1.807) is 0 Å². The molecule has 0 spiro atoms. The van der Waals surface area contributed by atoms with E-state index in [2.05, 4.69) is 5.32 Å². The maximum Gasteiger partial charge on any atom is 0.471 e. The first-order valence-electron chi connectivity index (χ1n) is 9.86. The number of hydrogen-bond donors (Lipinski definition) is 3. The Hall–Kier alpha value is -3.08. The summed E-state index contributed by atoms with van der Waals surface area (Å²) >= 11 is 1.25. The summed E-state index contributed by atoms with van der Waals surface area (Å²) < 4.78 is 43.5. The number of benzene rings is 1. The SMILES string of the molecule is COc1ccc([C@@H](CC(=O)Nc2sc3c(c2C(N)=O)CCCC3)NC(=O)C(F)(F)F)cc1. The van der Waals surface area contributed by atoms with Gasteiger partial charge in [-0.1, -0.05) is 12.1 Å². The summed E-state index contributed by atoms with van der Waals surface area (Å²) in [5, 5.41) is 4.75. The second kappa shape index (κ2) is 9.60. The molecule has 0 bridgehead atoms. The van der Waals surface area contributed by atoms with Crippen molar-refractivity contribution >= 4 is 34.1 Å². The Balaban J connectivity index is 1.82. The van der Waals surface area contributed by atoms with E-state index in [1.165, 1.54) is 42.7 Å². The molecular formula is C21H22F3N3O4S. The Morgan fingerprint density at radius 3 is 2.41 bits per heavy atom. The second-order valence-electron chi connectivity index (χ2n) is 7.33. The van der Waals surface area contributed by atoms with Gasteiger partial charge in [-0.3, -0.25) is 14.4 Å². The van der Waals surface area contributed by atoms with E-state index < -0.39 is 36.4 Å². The van der Waals surface area contributed by atoms with Crippen LogP contribution in [0.5, 0.6) is 5.75 Å². The molecule has 0 aliphatic heterocycles. The fraction of sp³-hybridized carbons (Fsp3) is 0.381. The Kier molecular flexibility index (Phi) is 7.07. The van der Waals surface area contributed by atoms with Crippen molar-refractivity contribution in [1.29, 1.82) is 0 Å². The molecule has 0 radical (unpaired) electrons. The fourth-order valence-electron chi connectivity index (χ4n) is 3.61. The second-order valence-corrected chi connectivity index (χ2v) is 8.43. The number of hydrogen-bond acceptors (Lipinski definition) is 5. The number of nitrogens with two attached hydrogens (primary N) is 1. The number of fused-ring (bicyclic) bond motifs is 1. The fourth-order valence-corrected chi connectivity index (χ4v) is 4.92. The van der Waals surface area contributed by atoms with Crippen molar-refractivity contribution in [3.8, 4) is 5.75 Å². The highest BCUT2D eigenvalue weighted by atomic mass is 32.1. The van der Waals surface area contributed by atoms with Gasteiger partial charge in [-0.25, -0.2) is 0 Å². The summed E-state index contributed by atoms with van der Waals surface area (Å²) in [5.41, 5.74) is 6.87. The molecule has 1 aliphatic rings. The highest BCUT2D eigenvalue weighted by Gasteiger charge is 2.40. The number of methoxy groups -OCH3 is 1. The van der Waals surface area contributed by atoms with Crippen molar-refractivity contribution < 1.29 is 32.3 Å². The van der Waals surface area contributed by atoms with Crippen molar-refractivity contribution in [2.45, 2.75) is 44.3 Å². The van der Waals surface area contributed by atoms with Crippen LogP contribution in [0.2, 0.25) is 0 Å². The number of ether oxygens (including phenoxy) is 1. The monoisotopic (exact) mass is 469 g/mol. The molecule has 0 saturated carbocycles. The Bertz CT molecular complexity index is 1020.